The second kappa shape index (κ2) is 13.6. The number of esters is 2. The zero-order valence-electron chi connectivity index (χ0n) is 21.0. The fourth-order valence-corrected chi connectivity index (χ4v) is 4.90. The summed E-state index contributed by atoms with van der Waals surface area (Å²) in [6, 6.07) is 7.35. The fraction of sp³-hybridized carbons (Fsp3) is 0.167. The summed E-state index contributed by atoms with van der Waals surface area (Å²) in [5.74, 6) is -2.52. The smallest absolute Gasteiger partial charge is 0.338 e. The molecule has 0 aliphatic heterocycles. The van der Waals surface area contributed by atoms with Crippen molar-refractivity contribution in [3.05, 3.63) is 82.7 Å². The highest BCUT2D eigenvalue weighted by atomic mass is 33.1. The van der Waals surface area contributed by atoms with Gasteiger partial charge in [-0.1, -0.05) is 0 Å². The summed E-state index contributed by atoms with van der Waals surface area (Å²) < 4.78 is 37.4. The summed E-state index contributed by atoms with van der Waals surface area (Å²) in [4.78, 5) is 26.8. The fourth-order valence-electron chi connectivity index (χ4n) is 3.08. The van der Waals surface area contributed by atoms with Crippen molar-refractivity contribution in [2.24, 2.45) is 10.2 Å². The van der Waals surface area contributed by atoms with Crippen LogP contribution in [0.2, 0.25) is 0 Å². The van der Waals surface area contributed by atoms with Gasteiger partial charge in [-0.05, 0) is 82.3 Å². The predicted octanol–water partition coefficient (Wildman–Crippen LogP) is 4.07. The van der Waals surface area contributed by atoms with Crippen LogP contribution in [0.5, 0.6) is 0 Å². The molecule has 0 aliphatic rings. The van der Waals surface area contributed by atoms with Gasteiger partial charge in [-0.25, -0.2) is 18.4 Å². The van der Waals surface area contributed by atoms with Crippen molar-refractivity contribution in [2.45, 2.75) is 23.9 Å². The van der Waals surface area contributed by atoms with Crippen LogP contribution in [-0.4, -0.2) is 67.8 Å². The Balaban J connectivity index is 1.48. The van der Waals surface area contributed by atoms with Gasteiger partial charge < -0.3 is 9.47 Å². The first kappa shape index (κ1) is 28.6. The summed E-state index contributed by atoms with van der Waals surface area (Å²) in [6.45, 7) is 3.58. The maximum Gasteiger partial charge on any atom is 0.338 e. The molecular formula is C24H20F2N8O4S2. The molecule has 4 aromatic rings. The average Bonchev–Trinajstić information content (AvgIpc) is 3.59. The highest BCUT2D eigenvalue weighted by molar-refractivity contribution is 8.76. The molecule has 0 atom stereocenters. The maximum absolute atomic E-state index is 13.7. The molecule has 0 fully saturated rings. The van der Waals surface area contributed by atoms with Crippen molar-refractivity contribution in [3.8, 4) is 0 Å². The van der Waals surface area contributed by atoms with E-state index < -0.39 is 23.6 Å². The number of hydrogen-bond acceptors (Lipinski definition) is 12. The number of nitrogens with zero attached hydrogens (tertiary/aromatic N) is 8. The lowest BCUT2D eigenvalue weighted by atomic mass is 10.1. The molecule has 2 aromatic heterocycles. The van der Waals surface area contributed by atoms with E-state index in [0.717, 1.165) is 12.1 Å². The van der Waals surface area contributed by atoms with Gasteiger partial charge in [-0.2, -0.15) is 10.2 Å². The van der Waals surface area contributed by atoms with E-state index in [1.807, 2.05) is 0 Å². The predicted molar refractivity (Wildman–Crippen MR) is 142 cm³/mol. The molecule has 40 heavy (non-hydrogen) atoms. The molecule has 2 heterocycles. The van der Waals surface area contributed by atoms with Crippen molar-refractivity contribution < 1.29 is 27.8 Å². The van der Waals surface area contributed by atoms with Crippen LogP contribution < -0.4 is 0 Å². The van der Waals surface area contributed by atoms with Gasteiger partial charge in [0.1, 0.15) is 11.6 Å². The zero-order chi connectivity index (χ0) is 28.5. The Kier molecular flexibility index (Phi) is 9.69. The Bertz CT molecular complexity index is 1460. The van der Waals surface area contributed by atoms with E-state index in [2.05, 4.69) is 30.8 Å². The Morgan fingerprint density at radius 2 is 1.23 bits per heavy atom. The Morgan fingerprint density at radius 3 is 1.62 bits per heavy atom. The van der Waals surface area contributed by atoms with Crippen LogP contribution >= 0.6 is 21.6 Å². The number of rotatable bonds is 11. The van der Waals surface area contributed by atoms with Crippen molar-refractivity contribution in [2.75, 3.05) is 13.2 Å². The lowest BCUT2D eigenvalue weighted by molar-refractivity contribution is 0.0516. The van der Waals surface area contributed by atoms with Crippen LogP contribution in [-0.2, 0) is 9.47 Å². The second-order valence-corrected chi connectivity index (χ2v) is 9.65. The Labute approximate surface area is 233 Å². The van der Waals surface area contributed by atoms with Crippen LogP contribution in [0.4, 0.5) is 8.78 Å². The Hall–Kier alpha value is -4.44. The van der Waals surface area contributed by atoms with Gasteiger partial charge in [0.15, 0.2) is 10.1 Å². The van der Waals surface area contributed by atoms with Crippen molar-refractivity contribution in [1.29, 1.82) is 0 Å². The summed E-state index contributed by atoms with van der Waals surface area (Å²) in [5.41, 5.74) is 0.709. The highest BCUT2D eigenvalue weighted by Crippen LogP contribution is 2.36. The summed E-state index contributed by atoms with van der Waals surface area (Å²) in [5, 5.41) is 25.0. The molecular weight excluding hydrogens is 566 g/mol. The summed E-state index contributed by atoms with van der Waals surface area (Å²) in [7, 11) is 2.42. The van der Waals surface area contributed by atoms with E-state index in [4.69, 9.17) is 9.47 Å². The topological polar surface area (TPSA) is 139 Å². The average molecular weight is 587 g/mol. The van der Waals surface area contributed by atoms with Gasteiger partial charge in [0.2, 0.25) is 0 Å². The lowest BCUT2D eigenvalue weighted by Crippen LogP contribution is -2.09. The summed E-state index contributed by atoms with van der Waals surface area (Å²) >= 11 is 0. The number of aromatic nitrogens is 6. The van der Waals surface area contributed by atoms with Crippen LogP contribution in [0, 0.1) is 11.6 Å². The van der Waals surface area contributed by atoms with Crippen LogP contribution in [0.25, 0.3) is 0 Å². The number of halogens is 2. The molecule has 0 N–H and O–H groups in total. The number of carbonyl (C=O) groups excluding carboxylic acids is 2. The number of benzene rings is 2. The zero-order valence-corrected chi connectivity index (χ0v) is 22.6. The minimum Gasteiger partial charge on any atom is -0.462 e. The van der Waals surface area contributed by atoms with Crippen LogP contribution in [0.15, 0.2) is 69.0 Å². The van der Waals surface area contributed by atoms with Gasteiger partial charge >= 0.3 is 11.9 Å². The lowest BCUT2D eigenvalue weighted by Gasteiger charge is -2.06. The summed E-state index contributed by atoms with van der Waals surface area (Å²) in [6.07, 6.45) is 5.62. The minimum absolute atomic E-state index is 0.0226. The molecule has 0 spiro atoms. The van der Waals surface area contributed by atoms with Gasteiger partial charge in [0.05, 0.1) is 49.2 Å². The highest BCUT2D eigenvalue weighted by Gasteiger charge is 2.15. The number of ether oxygens (including phenoxy) is 2. The first-order valence-corrected chi connectivity index (χ1v) is 13.7. The normalized spacial score (nSPS) is 11.4. The Morgan fingerprint density at radius 1 is 0.800 bits per heavy atom. The monoisotopic (exact) mass is 586 g/mol. The molecule has 0 amide bonds. The van der Waals surface area contributed by atoms with Crippen LogP contribution in [0.1, 0.15) is 45.7 Å². The third-order valence-electron chi connectivity index (χ3n) is 4.85. The molecule has 0 aliphatic carbocycles. The first-order valence-electron chi connectivity index (χ1n) is 11.6. The second-order valence-electron chi connectivity index (χ2n) is 7.48. The third-order valence-corrected chi connectivity index (χ3v) is 7.09. The molecule has 4 rings (SSSR count). The molecule has 0 saturated carbocycles. The molecule has 16 heteroatoms. The van der Waals surface area contributed by atoms with Gasteiger partial charge in [0, 0.05) is 11.1 Å². The third kappa shape index (κ3) is 7.15. The van der Waals surface area contributed by atoms with Gasteiger partial charge in [-0.15, -0.1) is 19.8 Å². The molecule has 0 saturated heterocycles. The SMILES string of the molecule is CCOC(=O)c1cc(F)ccc1/C=N/n1nncc1SSc1cnnn1/N=C/c1ccc(F)cc1C(=O)OCC. The van der Waals surface area contributed by atoms with Gasteiger partial charge in [-0.3, -0.25) is 0 Å². The molecule has 0 radical (unpaired) electrons. The first-order chi connectivity index (χ1) is 19.4. The standard InChI is InChI=1S/C24H20F2N8O4S2/c1-3-37-23(35)19-9-17(25)7-5-15(19)11-29-33-21(13-27-31-33)39-40-22-14-28-32-34(22)30-12-16-6-8-18(26)10-20(16)24(36)38-4-2/h5-14H,3-4H2,1-2H3/b29-11+,30-12+. The molecule has 0 bridgehead atoms. The van der Waals surface area contributed by atoms with E-state index in [9.17, 15) is 18.4 Å². The van der Waals surface area contributed by atoms with Crippen molar-refractivity contribution in [1.82, 2.24) is 30.2 Å². The number of carbonyl (C=O) groups is 2. The quantitative estimate of drug-likeness (QED) is 0.144. The van der Waals surface area contributed by atoms with E-state index >= 15 is 0 Å². The van der Waals surface area contributed by atoms with Crippen LogP contribution in [0.3, 0.4) is 0 Å². The maximum atomic E-state index is 13.7. The minimum atomic E-state index is -0.677. The van der Waals surface area contributed by atoms with Gasteiger partial charge in [0.25, 0.3) is 0 Å². The van der Waals surface area contributed by atoms with Crippen molar-refractivity contribution >= 4 is 46.0 Å². The number of hydrogen-bond donors (Lipinski definition) is 0. The molecule has 2 aromatic carbocycles. The van der Waals surface area contributed by atoms with E-state index in [-0.39, 0.29) is 24.3 Å². The molecule has 12 nitrogen and oxygen atoms in total. The van der Waals surface area contributed by atoms with Crippen molar-refractivity contribution in [3.63, 3.8) is 0 Å². The van der Waals surface area contributed by atoms with E-state index in [1.54, 1.807) is 13.8 Å². The molecule has 0 unspecified atom stereocenters. The molecule has 206 valence electrons. The largest absolute Gasteiger partial charge is 0.462 e. The van der Waals surface area contributed by atoms with E-state index in [1.165, 1.54) is 80.3 Å². The van der Waals surface area contributed by atoms with E-state index in [0.29, 0.717) is 21.2 Å².